The number of halogens is 3. The molecular weight excluding hydrogens is 433 g/mol. The minimum atomic E-state index is -4.59. The second-order valence-corrected chi connectivity index (χ2v) is 6.57. The average Bonchev–Trinajstić information content (AvgIpc) is 2.73. The molecule has 11 heteroatoms. The fourth-order valence-corrected chi connectivity index (χ4v) is 2.45. The van der Waals surface area contributed by atoms with Gasteiger partial charge in [-0.05, 0) is 24.1 Å². The third-order valence-electron chi connectivity index (χ3n) is 3.92. The van der Waals surface area contributed by atoms with Gasteiger partial charge in [-0.25, -0.2) is 4.79 Å². The van der Waals surface area contributed by atoms with Crippen LogP contribution in [0.1, 0.15) is 12.0 Å². The van der Waals surface area contributed by atoms with Crippen LogP contribution in [0.15, 0.2) is 49.6 Å². The summed E-state index contributed by atoms with van der Waals surface area (Å²) in [6, 6.07) is 2.62. The van der Waals surface area contributed by atoms with E-state index in [2.05, 4.69) is 23.8 Å². The standard InChI is InChI=1S/C21H25F3N2O6/c1-3-9-31-18(28)12-17(20(30)32-10-4-2)26-19(29)16(25-13-21(22,23)24)11-14-5-7-15(27)8-6-14/h3-8,16-17,25,27H,1-2,9-13H2,(H,26,29)/t16-,17?/m0/s1. The Morgan fingerprint density at radius 2 is 1.62 bits per heavy atom. The van der Waals surface area contributed by atoms with Gasteiger partial charge in [-0.1, -0.05) is 37.4 Å². The highest BCUT2D eigenvalue weighted by Gasteiger charge is 2.33. The molecule has 1 rings (SSSR count). The van der Waals surface area contributed by atoms with E-state index in [0.717, 1.165) is 0 Å². The number of phenols is 1. The Morgan fingerprint density at radius 3 is 2.19 bits per heavy atom. The molecule has 0 saturated heterocycles. The molecule has 0 aromatic heterocycles. The molecule has 0 heterocycles. The number of carbonyl (C=O) groups is 3. The molecular formula is C21H25F3N2O6. The minimum absolute atomic E-state index is 0.0546. The molecule has 0 saturated carbocycles. The minimum Gasteiger partial charge on any atom is -0.508 e. The molecule has 1 unspecified atom stereocenters. The number of esters is 2. The number of aromatic hydroxyl groups is 1. The second-order valence-electron chi connectivity index (χ2n) is 6.57. The van der Waals surface area contributed by atoms with Crippen LogP contribution >= 0.6 is 0 Å². The monoisotopic (exact) mass is 458 g/mol. The van der Waals surface area contributed by atoms with Gasteiger partial charge in [-0.3, -0.25) is 14.9 Å². The number of alkyl halides is 3. The van der Waals surface area contributed by atoms with Crippen LogP contribution in [0, 0.1) is 0 Å². The van der Waals surface area contributed by atoms with Gasteiger partial charge in [0, 0.05) is 0 Å². The molecule has 2 atom stereocenters. The van der Waals surface area contributed by atoms with Crippen molar-refractivity contribution in [1.82, 2.24) is 10.6 Å². The molecule has 3 N–H and O–H groups in total. The lowest BCUT2D eigenvalue weighted by molar-refractivity contribution is -0.152. The van der Waals surface area contributed by atoms with Crippen LogP contribution in [0.4, 0.5) is 13.2 Å². The summed E-state index contributed by atoms with van der Waals surface area (Å²) >= 11 is 0. The first kappa shape index (κ1) is 26.7. The molecule has 1 amide bonds. The molecule has 176 valence electrons. The summed E-state index contributed by atoms with van der Waals surface area (Å²) in [4.78, 5) is 36.9. The highest BCUT2D eigenvalue weighted by molar-refractivity contribution is 5.90. The normalized spacial score (nSPS) is 12.8. The predicted molar refractivity (Wildman–Crippen MR) is 109 cm³/mol. The van der Waals surface area contributed by atoms with Gasteiger partial charge in [0.1, 0.15) is 25.0 Å². The molecule has 0 fully saturated rings. The number of amides is 1. The van der Waals surface area contributed by atoms with E-state index in [9.17, 15) is 32.7 Å². The first-order valence-electron chi connectivity index (χ1n) is 9.48. The van der Waals surface area contributed by atoms with Crippen LogP contribution in [0.3, 0.4) is 0 Å². The van der Waals surface area contributed by atoms with Crippen LogP contribution in [0.2, 0.25) is 0 Å². The Bertz CT molecular complexity index is 796. The number of phenolic OH excluding ortho intramolecular Hbond substituents is 1. The number of hydrogen-bond donors (Lipinski definition) is 3. The summed E-state index contributed by atoms with van der Waals surface area (Å²) in [5, 5.41) is 13.7. The fraction of sp³-hybridized carbons (Fsp3) is 0.381. The maximum Gasteiger partial charge on any atom is 0.401 e. The SMILES string of the molecule is C=CCOC(=O)CC(NC(=O)[C@H](Cc1ccc(O)cc1)NCC(F)(F)F)C(=O)OCC=C. The Kier molecular flexibility index (Phi) is 11.0. The average molecular weight is 458 g/mol. The lowest BCUT2D eigenvalue weighted by Crippen LogP contribution is -2.53. The van der Waals surface area contributed by atoms with Gasteiger partial charge < -0.3 is 19.9 Å². The maximum atomic E-state index is 12.7. The fourth-order valence-electron chi connectivity index (χ4n) is 2.45. The van der Waals surface area contributed by atoms with E-state index >= 15 is 0 Å². The van der Waals surface area contributed by atoms with Crippen molar-refractivity contribution < 1.29 is 42.1 Å². The molecule has 0 radical (unpaired) electrons. The van der Waals surface area contributed by atoms with Crippen molar-refractivity contribution in [3.63, 3.8) is 0 Å². The van der Waals surface area contributed by atoms with Crippen LogP contribution in [-0.4, -0.2) is 61.0 Å². The zero-order valence-corrected chi connectivity index (χ0v) is 17.2. The molecule has 0 bridgehead atoms. The van der Waals surface area contributed by atoms with E-state index in [-0.39, 0.29) is 25.4 Å². The van der Waals surface area contributed by atoms with Gasteiger partial charge in [-0.2, -0.15) is 13.2 Å². The van der Waals surface area contributed by atoms with Crippen molar-refractivity contribution in [2.24, 2.45) is 0 Å². The van der Waals surface area contributed by atoms with E-state index in [1.807, 2.05) is 0 Å². The van der Waals surface area contributed by atoms with Crippen molar-refractivity contribution >= 4 is 17.8 Å². The van der Waals surface area contributed by atoms with E-state index in [0.29, 0.717) is 5.56 Å². The van der Waals surface area contributed by atoms with Crippen molar-refractivity contribution in [1.29, 1.82) is 0 Å². The second kappa shape index (κ2) is 13.2. The van der Waals surface area contributed by atoms with Gasteiger partial charge in [-0.15, -0.1) is 0 Å². The number of ether oxygens (including phenoxy) is 2. The number of benzene rings is 1. The molecule has 1 aromatic carbocycles. The van der Waals surface area contributed by atoms with Crippen LogP contribution in [-0.2, 0) is 30.3 Å². The van der Waals surface area contributed by atoms with E-state index < -0.39 is 49.1 Å². The van der Waals surface area contributed by atoms with E-state index in [1.165, 1.54) is 36.4 Å². The molecule has 0 aliphatic heterocycles. The van der Waals surface area contributed by atoms with Crippen molar-refractivity contribution in [3.05, 3.63) is 55.1 Å². The Labute approximate surface area is 183 Å². The lowest BCUT2D eigenvalue weighted by Gasteiger charge is -2.23. The highest BCUT2D eigenvalue weighted by atomic mass is 19.4. The molecule has 0 aliphatic rings. The molecule has 8 nitrogen and oxygen atoms in total. The third kappa shape index (κ3) is 10.6. The Hall–Kier alpha value is -3.34. The summed E-state index contributed by atoms with van der Waals surface area (Å²) in [6.07, 6.45) is -2.80. The molecule has 1 aromatic rings. The number of rotatable bonds is 13. The summed E-state index contributed by atoms with van der Waals surface area (Å²) < 4.78 is 47.8. The third-order valence-corrected chi connectivity index (χ3v) is 3.92. The Morgan fingerprint density at radius 1 is 1.03 bits per heavy atom. The topological polar surface area (TPSA) is 114 Å². The first-order chi connectivity index (χ1) is 15.1. The zero-order valence-electron chi connectivity index (χ0n) is 17.2. The smallest absolute Gasteiger partial charge is 0.401 e. The summed E-state index contributed by atoms with van der Waals surface area (Å²) in [6.45, 7) is 4.97. The quantitative estimate of drug-likeness (QED) is 0.305. The Balaban J connectivity index is 2.99. The molecule has 0 aliphatic carbocycles. The predicted octanol–water partition coefficient (Wildman–Crippen LogP) is 1.79. The first-order valence-corrected chi connectivity index (χ1v) is 9.48. The van der Waals surface area contributed by atoms with E-state index in [4.69, 9.17) is 9.47 Å². The highest BCUT2D eigenvalue weighted by Crippen LogP contribution is 2.15. The van der Waals surface area contributed by atoms with Crippen LogP contribution in [0.5, 0.6) is 5.75 Å². The zero-order chi connectivity index (χ0) is 24.1. The number of nitrogens with one attached hydrogen (secondary N) is 2. The van der Waals surface area contributed by atoms with Crippen molar-refractivity contribution in [2.75, 3.05) is 19.8 Å². The van der Waals surface area contributed by atoms with Crippen molar-refractivity contribution in [2.45, 2.75) is 31.1 Å². The van der Waals surface area contributed by atoms with Gasteiger partial charge >= 0.3 is 18.1 Å². The van der Waals surface area contributed by atoms with Crippen molar-refractivity contribution in [3.8, 4) is 5.75 Å². The van der Waals surface area contributed by atoms with Crippen LogP contribution < -0.4 is 10.6 Å². The maximum absolute atomic E-state index is 12.7. The van der Waals surface area contributed by atoms with Gasteiger partial charge in [0.15, 0.2) is 0 Å². The summed E-state index contributed by atoms with van der Waals surface area (Å²) in [5.41, 5.74) is 0.453. The van der Waals surface area contributed by atoms with Crippen LogP contribution in [0.25, 0.3) is 0 Å². The number of carbonyl (C=O) groups excluding carboxylic acids is 3. The van der Waals surface area contributed by atoms with E-state index in [1.54, 1.807) is 0 Å². The molecule has 0 spiro atoms. The van der Waals surface area contributed by atoms with Gasteiger partial charge in [0.05, 0.1) is 19.0 Å². The lowest BCUT2D eigenvalue weighted by atomic mass is 10.0. The molecule has 32 heavy (non-hydrogen) atoms. The largest absolute Gasteiger partial charge is 0.508 e. The van der Waals surface area contributed by atoms with Gasteiger partial charge in [0.25, 0.3) is 0 Å². The summed E-state index contributed by atoms with van der Waals surface area (Å²) in [7, 11) is 0. The van der Waals surface area contributed by atoms with Gasteiger partial charge in [0.2, 0.25) is 5.91 Å². The number of hydrogen-bond acceptors (Lipinski definition) is 7. The summed E-state index contributed by atoms with van der Waals surface area (Å²) in [5.74, 6) is -2.84.